The minimum atomic E-state index is -0.840. The van der Waals surface area contributed by atoms with E-state index in [2.05, 4.69) is 18.0 Å². The third kappa shape index (κ3) is 3.44. The summed E-state index contributed by atoms with van der Waals surface area (Å²) >= 11 is 0. The first-order valence-corrected chi connectivity index (χ1v) is 9.13. The van der Waals surface area contributed by atoms with Gasteiger partial charge in [-0.3, -0.25) is 4.99 Å². The predicted molar refractivity (Wildman–Crippen MR) is 102 cm³/mol. The van der Waals surface area contributed by atoms with Crippen LogP contribution in [-0.2, 0) is 13.0 Å². The highest BCUT2D eigenvalue weighted by Crippen LogP contribution is 2.31. The maximum Gasteiger partial charge on any atom is 0.245 e. The van der Waals surface area contributed by atoms with Gasteiger partial charge in [0.05, 0.1) is 6.54 Å². The van der Waals surface area contributed by atoms with E-state index < -0.39 is 11.6 Å². The van der Waals surface area contributed by atoms with Crippen molar-refractivity contribution in [2.24, 2.45) is 10.9 Å². The number of benzene rings is 1. The van der Waals surface area contributed by atoms with E-state index in [1.54, 1.807) is 12.3 Å². The zero-order valence-corrected chi connectivity index (χ0v) is 15.4. The quantitative estimate of drug-likeness (QED) is 0.755. The predicted octanol–water partition coefficient (Wildman–Crippen LogP) is 4.91. The fourth-order valence-electron chi connectivity index (χ4n) is 3.42. The molecule has 27 heavy (non-hydrogen) atoms. The molecular weight excluding hydrogens is 348 g/mol. The number of nitrogens with zero attached hydrogens (tertiary/aromatic N) is 3. The molecule has 0 saturated heterocycles. The molecule has 4 nitrogen and oxygen atoms in total. The smallest absolute Gasteiger partial charge is 0.245 e. The molecule has 0 amide bonds. The van der Waals surface area contributed by atoms with Gasteiger partial charge in [0.15, 0.2) is 11.6 Å². The average Bonchev–Trinajstić information content (AvgIpc) is 2.82. The summed E-state index contributed by atoms with van der Waals surface area (Å²) in [4.78, 5) is 11.2. The van der Waals surface area contributed by atoms with Crippen molar-refractivity contribution in [3.05, 3.63) is 64.9 Å². The molecule has 0 fully saturated rings. The Balaban J connectivity index is 1.66. The van der Waals surface area contributed by atoms with Crippen LogP contribution in [0, 0.1) is 17.6 Å². The van der Waals surface area contributed by atoms with Crippen molar-refractivity contribution >= 4 is 17.6 Å². The van der Waals surface area contributed by atoms with Crippen LogP contribution in [0.1, 0.15) is 37.6 Å². The maximum atomic E-state index is 13.6. The van der Waals surface area contributed by atoms with Crippen LogP contribution < -0.4 is 4.90 Å². The Morgan fingerprint density at radius 3 is 2.89 bits per heavy atom. The molecule has 2 aliphatic heterocycles. The number of anilines is 1. The molecule has 140 valence electrons. The summed E-state index contributed by atoms with van der Waals surface area (Å²) in [6.45, 7) is 5.37. The van der Waals surface area contributed by atoms with Crippen LogP contribution in [0.2, 0.25) is 0 Å². The molecule has 0 saturated carbocycles. The van der Waals surface area contributed by atoms with Gasteiger partial charge in [0.2, 0.25) is 5.89 Å². The number of fused-ring (bicyclic) bond motifs is 1. The Bertz CT molecular complexity index is 958. The molecule has 0 aliphatic carbocycles. The van der Waals surface area contributed by atoms with E-state index in [4.69, 9.17) is 9.40 Å². The van der Waals surface area contributed by atoms with Crippen molar-refractivity contribution in [1.82, 2.24) is 4.98 Å². The first kappa shape index (κ1) is 17.6. The normalized spacial score (nSPS) is 19.9. The number of hydrogen-bond donors (Lipinski definition) is 0. The molecule has 6 heteroatoms. The van der Waals surface area contributed by atoms with E-state index >= 15 is 0 Å². The second-order valence-corrected chi connectivity index (χ2v) is 7.00. The molecule has 2 aromatic rings. The lowest BCUT2D eigenvalue weighted by atomic mass is 10.0. The van der Waals surface area contributed by atoms with E-state index in [1.807, 2.05) is 17.9 Å². The molecule has 0 radical (unpaired) electrons. The van der Waals surface area contributed by atoms with Crippen molar-refractivity contribution in [3.8, 4) is 0 Å². The highest BCUT2D eigenvalue weighted by molar-refractivity contribution is 5.81. The van der Waals surface area contributed by atoms with Gasteiger partial charge in [-0.15, -0.1) is 0 Å². The van der Waals surface area contributed by atoms with Crippen LogP contribution in [-0.4, -0.2) is 17.7 Å². The van der Waals surface area contributed by atoms with E-state index in [0.717, 1.165) is 48.2 Å². The van der Waals surface area contributed by atoms with Gasteiger partial charge in [-0.05, 0) is 43.0 Å². The van der Waals surface area contributed by atoms with E-state index in [9.17, 15) is 8.78 Å². The van der Waals surface area contributed by atoms with Gasteiger partial charge in [-0.2, -0.15) is 0 Å². The number of halogens is 2. The second kappa shape index (κ2) is 7.10. The molecular formula is C21H21F2N3O. The fourth-order valence-corrected chi connectivity index (χ4v) is 3.42. The van der Waals surface area contributed by atoms with Gasteiger partial charge in [0.1, 0.15) is 17.2 Å². The van der Waals surface area contributed by atoms with E-state index in [0.29, 0.717) is 18.1 Å². The molecule has 0 bridgehead atoms. The molecule has 2 aliphatic rings. The monoisotopic (exact) mass is 369 g/mol. The van der Waals surface area contributed by atoms with Crippen molar-refractivity contribution in [1.29, 1.82) is 0 Å². The SMILES string of the molecule is CC1=C(c2nc3c(o2)CCCN(c2ccc(F)c(F)c2)C3)N=CC=CC1C. The van der Waals surface area contributed by atoms with Gasteiger partial charge in [-0.25, -0.2) is 13.8 Å². The van der Waals surface area contributed by atoms with E-state index in [-0.39, 0.29) is 5.92 Å². The zero-order valence-electron chi connectivity index (χ0n) is 15.4. The van der Waals surface area contributed by atoms with Crippen LogP contribution in [0.3, 0.4) is 0 Å². The Morgan fingerprint density at radius 1 is 1.22 bits per heavy atom. The Morgan fingerprint density at radius 2 is 2.07 bits per heavy atom. The molecule has 1 atom stereocenters. The third-order valence-electron chi connectivity index (χ3n) is 5.17. The highest BCUT2D eigenvalue weighted by atomic mass is 19.2. The first-order chi connectivity index (χ1) is 13.0. The molecule has 3 heterocycles. The molecule has 0 spiro atoms. The van der Waals surface area contributed by atoms with Gasteiger partial charge in [-0.1, -0.05) is 13.0 Å². The summed E-state index contributed by atoms with van der Waals surface area (Å²) in [5.74, 6) is -0.0537. The Hall–Kier alpha value is -2.76. The largest absolute Gasteiger partial charge is 0.440 e. The fraction of sp³-hybridized carbons (Fsp3) is 0.333. The number of allylic oxidation sites excluding steroid dienone is 3. The highest BCUT2D eigenvalue weighted by Gasteiger charge is 2.24. The van der Waals surface area contributed by atoms with Gasteiger partial charge in [0.25, 0.3) is 0 Å². The van der Waals surface area contributed by atoms with Crippen LogP contribution in [0.5, 0.6) is 0 Å². The third-order valence-corrected chi connectivity index (χ3v) is 5.17. The minimum absolute atomic E-state index is 0.257. The summed E-state index contributed by atoms with van der Waals surface area (Å²) in [5, 5.41) is 0. The van der Waals surface area contributed by atoms with Crippen molar-refractivity contribution in [2.45, 2.75) is 33.2 Å². The summed E-state index contributed by atoms with van der Waals surface area (Å²) in [7, 11) is 0. The lowest BCUT2D eigenvalue weighted by molar-refractivity contribution is 0.485. The molecule has 4 rings (SSSR count). The minimum Gasteiger partial charge on any atom is -0.440 e. The standard InChI is InChI=1S/C21H21F2N3O/c1-13-5-3-9-24-20(14(13)2)21-25-18-12-26(10-4-6-19(18)27-21)15-7-8-16(22)17(23)11-15/h3,5,7-9,11,13H,4,6,10,12H2,1-2H3. The Labute approximate surface area is 156 Å². The van der Waals surface area contributed by atoms with Gasteiger partial charge in [0, 0.05) is 30.9 Å². The van der Waals surface area contributed by atoms with Crippen LogP contribution >= 0.6 is 0 Å². The van der Waals surface area contributed by atoms with Crippen molar-refractivity contribution in [2.75, 3.05) is 11.4 Å². The van der Waals surface area contributed by atoms with Gasteiger partial charge >= 0.3 is 0 Å². The first-order valence-electron chi connectivity index (χ1n) is 9.13. The number of oxazole rings is 1. The molecule has 1 unspecified atom stereocenters. The number of hydrogen-bond acceptors (Lipinski definition) is 4. The summed E-state index contributed by atoms with van der Waals surface area (Å²) in [6, 6.07) is 3.99. The van der Waals surface area contributed by atoms with Gasteiger partial charge < -0.3 is 9.32 Å². The summed E-state index contributed by atoms with van der Waals surface area (Å²) in [6.07, 6.45) is 7.38. The average molecular weight is 369 g/mol. The Kier molecular flexibility index (Phi) is 4.64. The molecule has 1 aromatic heterocycles. The molecule has 0 N–H and O–H groups in total. The number of aryl methyl sites for hydroxylation is 1. The number of rotatable bonds is 2. The van der Waals surface area contributed by atoms with E-state index in [1.165, 1.54) is 6.07 Å². The van der Waals surface area contributed by atoms with Crippen LogP contribution in [0.15, 0.2) is 45.3 Å². The number of aromatic nitrogens is 1. The summed E-state index contributed by atoms with van der Waals surface area (Å²) < 4.78 is 32.9. The second-order valence-electron chi connectivity index (χ2n) is 7.00. The lowest BCUT2D eigenvalue weighted by Gasteiger charge is -2.22. The van der Waals surface area contributed by atoms with Crippen molar-refractivity contribution < 1.29 is 13.2 Å². The number of aliphatic imine (C=N–C) groups is 1. The molecule has 1 aromatic carbocycles. The topological polar surface area (TPSA) is 41.6 Å². The van der Waals surface area contributed by atoms with Crippen LogP contribution in [0.25, 0.3) is 5.70 Å². The van der Waals surface area contributed by atoms with Crippen LogP contribution in [0.4, 0.5) is 14.5 Å². The summed E-state index contributed by atoms with van der Waals surface area (Å²) in [5.41, 5.74) is 3.34. The maximum absolute atomic E-state index is 13.6. The van der Waals surface area contributed by atoms with Crippen molar-refractivity contribution in [3.63, 3.8) is 0 Å². The lowest BCUT2D eigenvalue weighted by Crippen LogP contribution is -2.23. The zero-order chi connectivity index (χ0) is 19.0.